The average molecular weight is 324 g/mol. The fourth-order valence-electron chi connectivity index (χ4n) is 2.02. The van der Waals surface area contributed by atoms with Crippen LogP contribution in [0.1, 0.15) is 37.3 Å². The molecule has 0 amide bonds. The Bertz CT molecular complexity index is 527. The van der Waals surface area contributed by atoms with E-state index in [1.165, 1.54) is 5.56 Å². The number of aromatic nitrogens is 2. The van der Waals surface area contributed by atoms with Crippen LogP contribution in [0, 0.1) is 0 Å². The lowest BCUT2D eigenvalue weighted by atomic mass is 10.1. The van der Waals surface area contributed by atoms with E-state index in [1.807, 2.05) is 12.3 Å². The molecule has 1 aromatic heterocycles. The van der Waals surface area contributed by atoms with Crippen molar-refractivity contribution in [1.82, 2.24) is 15.3 Å². The van der Waals surface area contributed by atoms with E-state index < -0.39 is 0 Å². The van der Waals surface area contributed by atoms with Gasteiger partial charge in [0, 0.05) is 18.4 Å². The molecular formula is C14H18BrN3O. The Kier molecular flexibility index (Phi) is 4.61. The van der Waals surface area contributed by atoms with Gasteiger partial charge in [-0.3, -0.25) is 0 Å². The molecule has 0 aliphatic rings. The summed E-state index contributed by atoms with van der Waals surface area (Å²) in [5.74, 6) is 1.79. The van der Waals surface area contributed by atoms with E-state index in [2.05, 4.69) is 57.2 Å². The maximum Gasteiger partial charge on any atom is 0.133 e. The number of rotatable bonds is 5. The largest absolute Gasteiger partial charge is 0.496 e. The molecule has 102 valence electrons. The summed E-state index contributed by atoms with van der Waals surface area (Å²) < 4.78 is 6.20. The maximum atomic E-state index is 5.24. The molecule has 1 heterocycles. The molecule has 0 saturated heterocycles. The Hall–Kier alpha value is -1.33. The van der Waals surface area contributed by atoms with Crippen molar-refractivity contribution in [2.45, 2.75) is 25.9 Å². The zero-order valence-electron chi connectivity index (χ0n) is 11.3. The highest BCUT2D eigenvalue weighted by Crippen LogP contribution is 2.28. The summed E-state index contributed by atoms with van der Waals surface area (Å²) >= 11 is 3.51. The minimum atomic E-state index is 0.172. The van der Waals surface area contributed by atoms with Crippen LogP contribution in [0.2, 0.25) is 0 Å². The summed E-state index contributed by atoms with van der Waals surface area (Å²) in [6, 6.07) is 6.50. The molecular weight excluding hydrogens is 306 g/mol. The number of ether oxygens (including phenoxy) is 1. The van der Waals surface area contributed by atoms with Crippen molar-refractivity contribution in [3.63, 3.8) is 0 Å². The van der Waals surface area contributed by atoms with Gasteiger partial charge in [0.05, 0.1) is 17.6 Å². The predicted molar refractivity (Wildman–Crippen MR) is 79.2 cm³/mol. The second-order valence-corrected chi connectivity index (χ2v) is 5.33. The smallest absolute Gasteiger partial charge is 0.133 e. The predicted octanol–water partition coefficient (Wildman–Crippen LogP) is 3.59. The van der Waals surface area contributed by atoms with Gasteiger partial charge < -0.3 is 15.0 Å². The van der Waals surface area contributed by atoms with Crippen molar-refractivity contribution in [3.05, 3.63) is 46.5 Å². The van der Waals surface area contributed by atoms with E-state index in [4.69, 9.17) is 4.74 Å². The number of methoxy groups -OCH3 is 1. The van der Waals surface area contributed by atoms with Gasteiger partial charge in [0.15, 0.2) is 0 Å². The first-order valence-corrected chi connectivity index (χ1v) is 7.00. The number of hydrogen-bond acceptors (Lipinski definition) is 3. The van der Waals surface area contributed by atoms with E-state index in [0.717, 1.165) is 16.0 Å². The van der Waals surface area contributed by atoms with E-state index in [1.54, 1.807) is 13.3 Å². The number of nitrogens with one attached hydrogen (secondary N) is 2. The van der Waals surface area contributed by atoms with Crippen LogP contribution in [0.4, 0.5) is 0 Å². The van der Waals surface area contributed by atoms with Crippen LogP contribution < -0.4 is 10.1 Å². The number of nitrogens with zero attached hydrogens (tertiary/aromatic N) is 1. The standard InChI is InChI=1S/C14H18BrN3O/c1-9(18-10(2)14-16-6-7-17-14)11-4-5-13(19-3)12(15)8-11/h4-10,18H,1-3H3,(H,16,17). The molecule has 2 aromatic rings. The molecule has 4 nitrogen and oxygen atoms in total. The molecule has 5 heteroatoms. The molecule has 0 aliphatic carbocycles. The van der Waals surface area contributed by atoms with Gasteiger partial charge in [-0.15, -0.1) is 0 Å². The lowest BCUT2D eigenvalue weighted by molar-refractivity contribution is 0.411. The average Bonchev–Trinajstić information content (AvgIpc) is 2.92. The van der Waals surface area contributed by atoms with Crippen LogP contribution in [0.25, 0.3) is 0 Å². The normalized spacial score (nSPS) is 14.1. The monoisotopic (exact) mass is 323 g/mol. The van der Waals surface area contributed by atoms with Gasteiger partial charge in [-0.25, -0.2) is 4.98 Å². The summed E-state index contributed by atoms with van der Waals surface area (Å²) in [6.45, 7) is 4.22. The number of halogens is 1. The van der Waals surface area contributed by atoms with E-state index in [0.29, 0.717) is 0 Å². The van der Waals surface area contributed by atoms with Gasteiger partial charge in [-0.1, -0.05) is 6.07 Å². The first-order chi connectivity index (χ1) is 9.11. The van der Waals surface area contributed by atoms with Crippen molar-refractivity contribution in [3.8, 4) is 5.75 Å². The van der Waals surface area contributed by atoms with Crippen molar-refractivity contribution >= 4 is 15.9 Å². The van der Waals surface area contributed by atoms with Crippen molar-refractivity contribution in [2.75, 3.05) is 7.11 Å². The minimum Gasteiger partial charge on any atom is -0.496 e. The zero-order valence-corrected chi connectivity index (χ0v) is 12.9. The number of benzene rings is 1. The molecule has 2 unspecified atom stereocenters. The second-order valence-electron chi connectivity index (χ2n) is 4.48. The number of H-pyrrole nitrogens is 1. The molecule has 2 N–H and O–H groups in total. The Morgan fingerprint density at radius 1 is 1.32 bits per heavy atom. The fraction of sp³-hybridized carbons (Fsp3) is 0.357. The van der Waals surface area contributed by atoms with E-state index in [-0.39, 0.29) is 12.1 Å². The van der Waals surface area contributed by atoms with E-state index >= 15 is 0 Å². The lowest BCUT2D eigenvalue weighted by Gasteiger charge is -2.19. The molecule has 2 atom stereocenters. The summed E-state index contributed by atoms with van der Waals surface area (Å²) in [5, 5.41) is 3.51. The van der Waals surface area contributed by atoms with E-state index in [9.17, 15) is 0 Å². The quantitative estimate of drug-likeness (QED) is 0.884. The van der Waals surface area contributed by atoms with Gasteiger partial charge in [-0.2, -0.15) is 0 Å². The van der Waals surface area contributed by atoms with Crippen LogP contribution in [0.5, 0.6) is 5.75 Å². The van der Waals surface area contributed by atoms with Crippen LogP contribution >= 0.6 is 15.9 Å². The highest BCUT2D eigenvalue weighted by molar-refractivity contribution is 9.10. The first-order valence-electron chi connectivity index (χ1n) is 6.20. The number of imidazole rings is 1. The Morgan fingerprint density at radius 2 is 2.11 bits per heavy atom. The summed E-state index contributed by atoms with van der Waals surface area (Å²) in [7, 11) is 1.67. The van der Waals surface area contributed by atoms with Gasteiger partial charge in [0.2, 0.25) is 0 Å². The SMILES string of the molecule is COc1ccc(C(C)NC(C)c2ncc[nH]2)cc1Br. The Balaban J connectivity index is 2.07. The lowest BCUT2D eigenvalue weighted by Crippen LogP contribution is -2.23. The van der Waals surface area contributed by atoms with Crippen molar-refractivity contribution < 1.29 is 4.74 Å². The highest BCUT2D eigenvalue weighted by Gasteiger charge is 2.13. The van der Waals surface area contributed by atoms with Crippen LogP contribution in [0.15, 0.2) is 35.1 Å². The molecule has 0 aliphatic heterocycles. The van der Waals surface area contributed by atoms with Crippen LogP contribution in [-0.4, -0.2) is 17.1 Å². The Labute approximate surface area is 121 Å². The Morgan fingerprint density at radius 3 is 2.68 bits per heavy atom. The van der Waals surface area contributed by atoms with Gasteiger partial charge in [0.25, 0.3) is 0 Å². The third-order valence-corrected chi connectivity index (χ3v) is 3.73. The summed E-state index contributed by atoms with van der Waals surface area (Å²) in [6.07, 6.45) is 3.60. The van der Waals surface area contributed by atoms with Crippen LogP contribution in [0.3, 0.4) is 0 Å². The van der Waals surface area contributed by atoms with Crippen molar-refractivity contribution in [2.24, 2.45) is 0 Å². The van der Waals surface area contributed by atoms with Crippen molar-refractivity contribution in [1.29, 1.82) is 0 Å². The third-order valence-electron chi connectivity index (χ3n) is 3.11. The molecule has 19 heavy (non-hydrogen) atoms. The fourth-order valence-corrected chi connectivity index (χ4v) is 2.57. The van der Waals surface area contributed by atoms with Gasteiger partial charge in [-0.05, 0) is 47.5 Å². The number of hydrogen-bond donors (Lipinski definition) is 2. The highest BCUT2D eigenvalue weighted by atomic mass is 79.9. The molecule has 0 saturated carbocycles. The molecule has 0 fully saturated rings. The molecule has 0 bridgehead atoms. The molecule has 0 spiro atoms. The molecule has 2 rings (SSSR count). The second kappa shape index (κ2) is 6.21. The molecule has 0 radical (unpaired) electrons. The third kappa shape index (κ3) is 3.36. The zero-order chi connectivity index (χ0) is 13.8. The maximum absolute atomic E-state index is 5.24. The topological polar surface area (TPSA) is 49.9 Å². The molecule has 1 aromatic carbocycles. The summed E-state index contributed by atoms with van der Waals surface area (Å²) in [4.78, 5) is 7.38. The van der Waals surface area contributed by atoms with Gasteiger partial charge in [0.1, 0.15) is 11.6 Å². The minimum absolute atomic E-state index is 0.172. The summed E-state index contributed by atoms with van der Waals surface area (Å²) in [5.41, 5.74) is 1.20. The van der Waals surface area contributed by atoms with Gasteiger partial charge >= 0.3 is 0 Å². The first kappa shape index (κ1) is 14.1. The number of aromatic amines is 1. The van der Waals surface area contributed by atoms with Crippen LogP contribution in [-0.2, 0) is 0 Å².